The van der Waals surface area contributed by atoms with Gasteiger partial charge in [-0.05, 0) is 24.0 Å². The van der Waals surface area contributed by atoms with Crippen molar-refractivity contribution in [3.8, 4) is 5.75 Å². The van der Waals surface area contributed by atoms with Crippen LogP contribution in [0.3, 0.4) is 0 Å². The molecular weight excluding hydrogens is 150 g/mol. The second-order valence-corrected chi connectivity index (χ2v) is 3.49. The summed E-state index contributed by atoms with van der Waals surface area (Å²) in [6.07, 6.45) is 1.11. The van der Waals surface area contributed by atoms with Crippen molar-refractivity contribution in [1.29, 1.82) is 0 Å². The number of hydrogen-bond acceptors (Lipinski definition) is 2. The Morgan fingerprint density at radius 1 is 1.50 bits per heavy atom. The molecular formula is C10H13NO. The summed E-state index contributed by atoms with van der Waals surface area (Å²) in [5, 5.41) is 0. The van der Waals surface area contributed by atoms with Gasteiger partial charge in [0.1, 0.15) is 5.75 Å². The van der Waals surface area contributed by atoms with Gasteiger partial charge in [-0.3, -0.25) is 0 Å². The van der Waals surface area contributed by atoms with Gasteiger partial charge in [0.15, 0.2) is 0 Å². The van der Waals surface area contributed by atoms with Crippen LogP contribution in [0.2, 0.25) is 0 Å². The van der Waals surface area contributed by atoms with Gasteiger partial charge in [-0.15, -0.1) is 0 Å². The van der Waals surface area contributed by atoms with E-state index in [1.165, 1.54) is 5.56 Å². The first-order valence-corrected chi connectivity index (χ1v) is 4.27. The third-order valence-corrected chi connectivity index (χ3v) is 2.18. The van der Waals surface area contributed by atoms with Crippen LogP contribution in [0.25, 0.3) is 0 Å². The molecule has 1 heterocycles. The average Bonchev–Trinajstić information content (AvgIpc) is 2.05. The molecule has 0 saturated carbocycles. The molecule has 0 fully saturated rings. The number of ether oxygens (including phenoxy) is 1. The Bertz CT molecular complexity index is 296. The molecule has 0 amide bonds. The van der Waals surface area contributed by atoms with Crippen LogP contribution in [0.1, 0.15) is 12.5 Å². The topological polar surface area (TPSA) is 35.2 Å². The summed E-state index contributed by atoms with van der Waals surface area (Å²) >= 11 is 0. The molecule has 1 unspecified atom stereocenters. The highest BCUT2D eigenvalue weighted by Gasteiger charge is 2.15. The van der Waals surface area contributed by atoms with Crippen LogP contribution in [0, 0.1) is 5.92 Å². The van der Waals surface area contributed by atoms with Crippen molar-refractivity contribution in [2.75, 3.05) is 12.3 Å². The maximum absolute atomic E-state index is 5.64. The molecule has 64 valence electrons. The minimum absolute atomic E-state index is 0.626. The summed E-state index contributed by atoms with van der Waals surface area (Å²) in [7, 11) is 0. The van der Waals surface area contributed by atoms with Crippen LogP contribution in [0.5, 0.6) is 5.75 Å². The number of fused-ring (bicyclic) bond motifs is 1. The van der Waals surface area contributed by atoms with Gasteiger partial charge >= 0.3 is 0 Å². The van der Waals surface area contributed by atoms with E-state index in [0.29, 0.717) is 5.92 Å². The van der Waals surface area contributed by atoms with E-state index in [0.717, 1.165) is 24.5 Å². The molecule has 2 heteroatoms. The number of rotatable bonds is 0. The first-order chi connectivity index (χ1) is 5.75. The van der Waals surface area contributed by atoms with Gasteiger partial charge in [0, 0.05) is 11.8 Å². The zero-order valence-electron chi connectivity index (χ0n) is 7.21. The lowest BCUT2D eigenvalue weighted by atomic mass is 9.98. The smallest absolute Gasteiger partial charge is 0.124 e. The van der Waals surface area contributed by atoms with Crippen LogP contribution < -0.4 is 10.5 Å². The zero-order valence-corrected chi connectivity index (χ0v) is 7.21. The molecule has 2 rings (SSSR count). The van der Waals surface area contributed by atoms with E-state index in [1.54, 1.807) is 0 Å². The predicted molar refractivity (Wildman–Crippen MR) is 49.2 cm³/mol. The molecule has 0 bridgehead atoms. The summed E-state index contributed by atoms with van der Waals surface area (Å²) in [5.41, 5.74) is 7.70. The van der Waals surface area contributed by atoms with E-state index in [9.17, 15) is 0 Å². The fraction of sp³-hybridized carbons (Fsp3) is 0.400. The molecule has 2 nitrogen and oxygen atoms in total. The molecule has 0 radical (unpaired) electrons. The Morgan fingerprint density at radius 2 is 2.33 bits per heavy atom. The van der Waals surface area contributed by atoms with E-state index >= 15 is 0 Å². The minimum atomic E-state index is 0.626. The van der Waals surface area contributed by atoms with Crippen LogP contribution in [0.4, 0.5) is 5.69 Å². The Hall–Kier alpha value is -1.18. The molecule has 1 aliphatic rings. The highest BCUT2D eigenvalue weighted by atomic mass is 16.5. The largest absolute Gasteiger partial charge is 0.493 e. The molecule has 0 saturated heterocycles. The Labute approximate surface area is 72.3 Å². The number of nitrogens with two attached hydrogens (primary N) is 1. The number of anilines is 1. The normalized spacial score (nSPS) is 21.2. The highest BCUT2D eigenvalue weighted by Crippen LogP contribution is 2.28. The summed E-state index contributed by atoms with van der Waals surface area (Å²) in [5.74, 6) is 1.59. The van der Waals surface area contributed by atoms with Crippen molar-refractivity contribution in [2.45, 2.75) is 13.3 Å². The lowest BCUT2D eigenvalue weighted by Crippen LogP contribution is -2.17. The molecule has 12 heavy (non-hydrogen) atoms. The first kappa shape index (κ1) is 7.47. The summed E-state index contributed by atoms with van der Waals surface area (Å²) in [6, 6.07) is 5.89. The maximum Gasteiger partial charge on any atom is 0.124 e. The number of benzene rings is 1. The average molecular weight is 163 g/mol. The second kappa shape index (κ2) is 2.70. The van der Waals surface area contributed by atoms with Gasteiger partial charge in [0.25, 0.3) is 0 Å². The van der Waals surface area contributed by atoms with Gasteiger partial charge in [-0.2, -0.15) is 0 Å². The van der Waals surface area contributed by atoms with Crippen molar-refractivity contribution in [1.82, 2.24) is 0 Å². The van der Waals surface area contributed by atoms with E-state index in [4.69, 9.17) is 10.5 Å². The molecule has 1 aromatic carbocycles. The third kappa shape index (κ3) is 1.24. The molecule has 0 spiro atoms. The van der Waals surface area contributed by atoms with Crippen LogP contribution in [-0.4, -0.2) is 6.61 Å². The standard InChI is InChI=1S/C10H13NO/c1-7-4-8-2-3-9(11)5-10(8)12-6-7/h2-3,5,7H,4,6,11H2,1H3. The third-order valence-electron chi connectivity index (χ3n) is 2.18. The van der Waals surface area contributed by atoms with Gasteiger partial charge < -0.3 is 10.5 Å². The van der Waals surface area contributed by atoms with Crippen molar-refractivity contribution in [2.24, 2.45) is 5.92 Å². The maximum atomic E-state index is 5.64. The molecule has 0 aromatic heterocycles. The Balaban J connectivity index is 2.37. The highest BCUT2D eigenvalue weighted by molar-refractivity contribution is 5.49. The molecule has 2 N–H and O–H groups in total. The fourth-order valence-corrected chi connectivity index (χ4v) is 1.54. The van der Waals surface area contributed by atoms with Crippen LogP contribution in [0.15, 0.2) is 18.2 Å². The minimum Gasteiger partial charge on any atom is -0.493 e. The van der Waals surface area contributed by atoms with Crippen molar-refractivity contribution in [3.05, 3.63) is 23.8 Å². The predicted octanol–water partition coefficient (Wildman–Crippen LogP) is 1.84. The van der Waals surface area contributed by atoms with E-state index in [-0.39, 0.29) is 0 Å². The van der Waals surface area contributed by atoms with Gasteiger partial charge in [0.05, 0.1) is 6.61 Å². The monoisotopic (exact) mass is 163 g/mol. The Morgan fingerprint density at radius 3 is 3.17 bits per heavy atom. The summed E-state index contributed by atoms with van der Waals surface area (Å²) < 4.78 is 5.54. The molecule has 0 aliphatic carbocycles. The lowest BCUT2D eigenvalue weighted by Gasteiger charge is -2.22. The summed E-state index contributed by atoms with van der Waals surface area (Å²) in [4.78, 5) is 0. The molecule has 1 aromatic rings. The quantitative estimate of drug-likeness (QED) is 0.592. The van der Waals surface area contributed by atoms with Crippen LogP contribution >= 0.6 is 0 Å². The van der Waals surface area contributed by atoms with Gasteiger partial charge in [-0.25, -0.2) is 0 Å². The van der Waals surface area contributed by atoms with Gasteiger partial charge in [0.2, 0.25) is 0 Å². The van der Waals surface area contributed by atoms with E-state index < -0.39 is 0 Å². The first-order valence-electron chi connectivity index (χ1n) is 4.27. The summed E-state index contributed by atoms with van der Waals surface area (Å²) in [6.45, 7) is 3.01. The van der Waals surface area contributed by atoms with Gasteiger partial charge in [-0.1, -0.05) is 13.0 Å². The number of nitrogen functional groups attached to an aromatic ring is 1. The van der Waals surface area contributed by atoms with Crippen molar-refractivity contribution >= 4 is 5.69 Å². The zero-order chi connectivity index (χ0) is 8.55. The SMILES string of the molecule is CC1COc2cc(N)ccc2C1. The fourth-order valence-electron chi connectivity index (χ4n) is 1.54. The van der Waals surface area contributed by atoms with E-state index in [2.05, 4.69) is 13.0 Å². The molecule has 1 atom stereocenters. The molecule has 1 aliphatic heterocycles. The second-order valence-electron chi connectivity index (χ2n) is 3.49. The van der Waals surface area contributed by atoms with Crippen molar-refractivity contribution < 1.29 is 4.74 Å². The van der Waals surface area contributed by atoms with E-state index in [1.807, 2.05) is 12.1 Å². The van der Waals surface area contributed by atoms with Crippen molar-refractivity contribution in [3.63, 3.8) is 0 Å². The van der Waals surface area contributed by atoms with Crippen LogP contribution in [-0.2, 0) is 6.42 Å². The lowest BCUT2D eigenvalue weighted by molar-refractivity contribution is 0.234. The number of hydrogen-bond donors (Lipinski definition) is 1. The Kier molecular flexibility index (Phi) is 1.68.